The van der Waals surface area contributed by atoms with Gasteiger partial charge in [-0.2, -0.15) is 43.9 Å². The Morgan fingerprint density at radius 1 is 0.566 bits per heavy atom. The normalized spacial score (nSPS) is 12.9. The highest BCUT2D eigenvalue weighted by Crippen LogP contribution is 2.58. The van der Waals surface area contributed by atoms with Crippen molar-refractivity contribution in [1.29, 1.82) is 0 Å². The first-order valence-electron chi connectivity index (χ1n) is 16.2. The van der Waals surface area contributed by atoms with Crippen LogP contribution in [0.2, 0.25) is 0 Å². The van der Waals surface area contributed by atoms with Crippen LogP contribution in [0.5, 0.6) is 11.5 Å². The van der Waals surface area contributed by atoms with E-state index in [1.54, 1.807) is 12.1 Å². The summed E-state index contributed by atoms with van der Waals surface area (Å²) in [5.41, 5.74) is 0.958. The topological polar surface area (TPSA) is 61.8 Å². The van der Waals surface area contributed by atoms with Gasteiger partial charge in [0.05, 0.1) is 17.7 Å². The lowest BCUT2D eigenvalue weighted by Crippen LogP contribution is -2.69. The predicted octanol–water partition coefficient (Wildman–Crippen LogP) is 11.3. The largest absolute Gasteiger partial charge is 0.494 e. The van der Waals surface area contributed by atoms with Gasteiger partial charge in [-0.25, -0.2) is 18.4 Å². The van der Waals surface area contributed by atoms with E-state index in [4.69, 9.17) is 9.47 Å². The smallest absolute Gasteiger partial charge is 0.384 e. The maximum Gasteiger partial charge on any atom is 0.384 e. The Hall–Kier alpha value is -4.44. The Labute approximate surface area is 296 Å². The van der Waals surface area contributed by atoms with Gasteiger partial charge in [-0.05, 0) is 66.1 Å². The van der Waals surface area contributed by atoms with Gasteiger partial charge in [0, 0.05) is 0 Å². The summed E-state index contributed by atoms with van der Waals surface area (Å²) in [6.07, 6.45) is 2.52. The monoisotopic (exact) mass is 774 g/mol. The van der Waals surface area contributed by atoms with Crippen LogP contribution in [0.25, 0.3) is 11.1 Å². The Bertz CT molecular complexity index is 1630. The number of carbonyl (C=O) groups is 2. The van der Waals surface area contributed by atoms with Crippen LogP contribution >= 0.6 is 0 Å². The Morgan fingerprint density at radius 2 is 1.02 bits per heavy atom. The van der Waals surface area contributed by atoms with Crippen LogP contribution in [0.15, 0.2) is 72.8 Å². The summed E-state index contributed by atoms with van der Waals surface area (Å²) < 4.78 is 175. The maximum atomic E-state index is 14.0. The number of unbranched alkanes of at least 4 members (excludes halogenated alkanes) is 6. The van der Waals surface area contributed by atoms with E-state index in [1.165, 1.54) is 44.2 Å². The number of halogens is 12. The van der Waals surface area contributed by atoms with E-state index in [-0.39, 0.29) is 11.3 Å². The summed E-state index contributed by atoms with van der Waals surface area (Å²) in [5.74, 6) is -38.7. The zero-order chi connectivity index (χ0) is 39.7. The molecule has 53 heavy (non-hydrogen) atoms. The standard InChI is InChI=1S/C36H34F12O5/c1-2-3-4-5-6-7-8-21-51-27-17-13-24(14-18-27)23-9-11-26(12-10-23)30(50)53-28-19-15-25(16-20-28)29(49)52-22-32(39,40)34(43,44)36(47,48)35(45,46)33(41,42)31(37)38/h9-20,31H,2-8,21-22H2,1H3. The molecule has 0 spiro atoms. The molecule has 0 aliphatic rings. The molecule has 5 nitrogen and oxygen atoms in total. The number of ether oxygens (including phenoxy) is 3. The van der Waals surface area contributed by atoms with Crippen molar-refractivity contribution in [1.82, 2.24) is 0 Å². The minimum atomic E-state index is -7.74. The van der Waals surface area contributed by atoms with E-state index in [1.807, 2.05) is 24.3 Å². The van der Waals surface area contributed by atoms with Crippen molar-refractivity contribution in [2.45, 2.75) is 87.9 Å². The molecule has 0 N–H and O–H groups in total. The summed E-state index contributed by atoms with van der Waals surface area (Å²) in [7, 11) is 0. The number of alkyl halides is 12. The molecule has 17 heteroatoms. The van der Waals surface area contributed by atoms with Gasteiger partial charge in [0.2, 0.25) is 0 Å². The Morgan fingerprint density at radius 3 is 1.55 bits per heavy atom. The van der Waals surface area contributed by atoms with Crippen molar-refractivity contribution in [2.75, 3.05) is 13.2 Å². The van der Waals surface area contributed by atoms with E-state index in [0.717, 1.165) is 48.2 Å². The molecule has 0 aliphatic carbocycles. The van der Waals surface area contributed by atoms with Gasteiger partial charge in [-0.3, -0.25) is 0 Å². The van der Waals surface area contributed by atoms with Crippen molar-refractivity contribution in [2.24, 2.45) is 0 Å². The number of hydrogen-bond donors (Lipinski definition) is 0. The third-order valence-corrected chi connectivity index (χ3v) is 7.95. The van der Waals surface area contributed by atoms with Crippen LogP contribution in [-0.4, -0.2) is 61.2 Å². The lowest BCUT2D eigenvalue weighted by Gasteiger charge is -2.38. The van der Waals surface area contributed by atoms with Crippen LogP contribution in [0.3, 0.4) is 0 Å². The zero-order valence-corrected chi connectivity index (χ0v) is 27.9. The second-order valence-electron chi connectivity index (χ2n) is 11.9. The van der Waals surface area contributed by atoms with Crippen molar-refractivity contribution in [3.63, 3.8) is 0 Å². The van der Waals surface area contributed by atoms with E-state index < -0.39 is 60.1 Å². The predicted molar refractivity (Wildman–Crippen MR) is 168 cm³/mol. The average Bonchev–Trinajstić information content (AvgIpc) is 3.12. The number of esters is 2. The molecule has 3 aromatic rings. The minimum absolute atomic E-state index is 0.0868. The van der Waals surface area contributed by atoms with Gasteiger partial charge >= 0.3 is 48.0 Å². The fourth-order valence-electron chi connectivity index (χ4n) is 4.72. The van der Waals surface area contributed by atoms with Gasteiger partial charge in [-0.15, -0.1) is 0 Å². The molecule has 0 bridgehead atoms. The summed E-state index contributed by atoms with van der Waals surface area (Å²) in [5, 5.41) is 0. The number of carbonyl (C=O) groups excluding carboxylic acids is 2. The van der Waals surface area contributed by atoms with Gasteiger partial charge in [0.15, 0.2) is 6.61 Å². The van der Waals surface area contributed by atoms with E-state index in [2.05, 4.69) is 11.7 Å². The molecule has 0 fully saturated rings. The second-order valence-corrected chi connectivity index (χ2v) is 11.9. The summed E-state index contributed by atoms with van der Waals surface area (Å²) in [6.45, 7) is -0.270. The quantitative estimate of drug-likeness (QED) is 0.0495. The van der Waals surface area contributed by atoms with E-state index in [0.29, 0.717) is 12.4 Å². The van der Waals surface area contributed by atoms with Gasteiger partial charge < -0.3 is 14.2 Å². The maximum absolute atomic E-state index is 14.0. The van der Waals surface area contributed by atoms with Crippen LogP contribution in [0.1, 0.15) is 72.6 Å². The van der Waals surface area contributed by atoms with Crippen molar-refractivity contribution >= 4 is 11.9 Å². The molecule has 0 radical (unpaired) electrons. The third-order valence-electron chi connectivity index (χ3n) is 7.95. The lowest BCUT2D eigenvalue weighted by molar-refractivity contribution is -0.414. The Balaban J connectivity index is 1.53. The molecule has 3 rings (SSSR count). The molecule has 0 aromatic heterocycles. The molecule has 0 unspecified atom stereocenters. The van der Waals surface area contributed by atoms with Crippen molar-refractivity contribution < 1.29 is 76.5 Å². The molecular weight excluding hydrogens is 740 g/mol. The van der Waals surface area contributed by atoms with Gasteiger partial charge in [0.25, 0.3) is 0 Å². The SMILES string of the molecule is CCCCCCCCCOc1ccc(-c2ccc(C(=O)Oc3ccc(C(=O)OCC(F)(F)C(F)(F)C(F)(F)C(F)(F)C(F)(F)C(F)F)cc3)cc2)cc1. The number of rotatable bonds is 20. The molecule has 0 atom stereocenters. The number of hydrogen-bond acceptors (Lipinski definition) is 5. The minimum Gasteiger partial charge on any atom is -0.494 e. The number of benzene rings is 3. The summed E-state index contributed by atoms with van der Waals surface area (Å²) >= 11 is 0. The fraction of sp³-hybridized carbons (Fsp3) is 0.444. The summed E-state index contributed by atoms with van der Waals surface area (Å²) in [6, 6.07) is 16.9. The average molecular weight is 775 g/mol. The third kappa shape index (κ3) is 9.96. The van der Waals surface area contributed by atoms with Gasteiger partial charge in [0.1, 0.15) is 11.5 Å². The molecule has 0 aliphatic heterocycles. The summed E-state index contributed by atoms with van der Waals surface area (Å²) in [4.78, 5) is 24.7. The van der Waals surface area contributed by atoms with E-state index in [9.17, 15) is 62.3 Å². The first-order chi connectivity index (χ1) is 24.7. The van der Waals surface area contributed by atoms with Crippen LogP contribution in [0.4, 0.5) is 52.7 Å². The van der Waals surface area contributed by atoms with Crippen molar-refractivity contribution in [3.8, 4) is 22.6 Å². The van der Waals surface area contributed by atoms with Gasteiger partial charge in [-0.1, -0.05) is 69.7 Å². The highest BCUT2D eigenvalue weighted by molar-refractivity contribution is 5.92. The van der Waals surface area contributed by atoms with E-state index >= 15 is 0 Å². The molecule has 292 valence electrons. The molecular formula is C36H34F12O5. The molecule has 0 saturated heterocycles. The highest BCUT2D eigenvalue weighted by Gasteiger charge is 2.87. The first-order valence-corrected chi connectivity index (χ1v) is 16.2. The lowest BCUT2D eigenvalue weighted by atomic mass is 9.94. The zero-order valence-electron chi connectivity index (χ0n) is 27.9. The van der Waals surface area contributed by atoms with Crippen LogP contribution in [-0.2, 0) is 4.74 Å². The second kappa shape index (κ2) is 17.6. The molecule has 0 saturated carbocycles. The molecule has 0 heterocycles. The highest BCUT2D eigenvalue weighted by atomic mass is 19.4. The van der Waals surface area contributed by atoms with Crippen molar-refractivity contribution in [3.05, 3.63) is 83.9 Å². The van der Waals surface area contributed by atoms with Crippen LogP contribution in [0, 0.1) is 0 Å². The fourth-order valence-corrected chi connectivity index (χ4v) is 4.72. The molecule has 3 aromatic carbocycles. The molecule has 0 amide bonds. The van der Waals surface area contributed by atoms with Crippen LogP contribution < -0.4 is 9.47 Å². The Kier molecular flexibility index (Phi) is 14.3. The first kappa shape index (κ1) is 43.0.